The highest BCUT2D eigenvalue weighted by atomic mass is 32.1. The van der Waals surface area contributed by atoms with Crippen LogP contribution < -0.4 is 0 Å². The minimum absolute atomic E-state index is 0.788. The Morgan fingerprint density at radius 2 is 2.42 bits per heavy atom. The zero-order valence-corrected chi connectivity index (χ0v) is 8.23. The van der Waals surface area contributed by atoms with Gasteiger partial charge in [0.2, 0.25) is 0 Å². The third-order valence-electron chi connectivity index (χ3n) is 2.43. The second-order valence-electron chi connectivity index (χ2n) is 3.54. The molecule has 2 rings (SSSR count). The third-order valence-corrected chi connectivity index (χ3v) is 3.37. The monoisotopic (exact) mass is 178 g/mol. The molecule has 1 heterocycles. The lowest BCUT2D eigenvalue weighted by Crippen LogP contribution is -1.98. The molecular formula is C11H14S. The van der Waals surface area contributed by atoms with Crippen LogP contribution in [-0.4, -0.2) is 0 Å². The van der Waals surface area contributed by atoms with Gasteiger partial charge >= 0.3 is 0 Å². The Morgan fingerprint density at radius 3 is 3.08 bits per heavy atom. The number of hydrogen-bond acceptors (Lipinski definition) is 1. The van der Waals surface area contributed by atoms with Crippen molar-refractivity contribution in [3.63, 3.8) is 0 Å². The molecule has 0 nitrogen and oxygen atoms in total. The van der Waals surface area contributed by atoms with Gasteiger partial charge < -0.3 is 0 Å². The fourth-order valence-corrected chi connectivity index (χ4v) is 2.57. The Labute approximate surface area is 77.9 Å². The predicted molar refractivity (Wildman–Crippen MR) is 55.3 cm³/mol. The molecule has 1 aliphatic carbocycles. The average Bonchev–Trinajstić information content (AvgIpc) is 2.56. The van der Waals surface area contributed by atoms with Gasteiger partial charge in [-0.05, 0) is 42.2 Å². The maximum absolute atomic E-state index is 2.44. The molecule has 0 bridgehead atoms. The van der Waals surface area contributed by atoms with E-state index in [0.29, 0.717) is 0 Å². The minimum Gasteiger partial charge on any atom is -0.144 e. The summed E-state index contributed by atoms with van der Waals surface area (Å²) in [5.74, 6) is 0.788. The van der Waals surface area contributed by atoms with Crippen LogP contribution in [0.25, 0.3) is 5.57 Å². The number of thiophene rings is 1. The summed E-state index contributed by atoms with van der Waals surface area (Å²) in [5.41, 5.74) is 1.57. The zero-order chi connectivity index (χ0) is 8.39. The van der Waals surface area contributed by atoms with Gasteiger partial charge in [0.1, 0.15) is 0 Å². The number of rotatable bonds is 1. The highest BCUT2D eigenvalue weighted by molar-refractivity contribution is 7.11. The summed E-state index contributed by atoms with van der Waals surface area (Å²) < 4.78 is 0. The lowest BCUT2D eigenvalue weighted by molar-refractivity contribution is 0.593. The van der Waals surface area contributed by atoms with Crippen LogP contribution >= 0.6 is 11.3 Å². The second kappa shape index (κ2) is 3.44. The van der Waals surface area contributed by atoms with Crippen molar-refractivity contribution in [1.29, 1.82) is 0 Å². The van der Waals surface area contributed by atoms with E-state index < -0.39 is 0 Å². The van der Waals surface area contributed by atoms with Crippen LogP contribution in [-0.2, 0) is 0 Å². The van der Waals surface area contributed by atoms with Gasteiger partial charge in [-0.1, -0.05) is 19.1 Å². The molecule has 12 heavy (non-hydrogen) atoms. The summed E-state index contributed by atoms with van der Waals surface area (Å²) in [6.45, 7) is 2.31. The van der Waals surface area contributed by atoms with E-state index in [0.717, 1.165) is 5.92 Å². The normalized spacial score (nSPS) is 23.8. The van der Waals surface area contributed by atoms with Gasteiger partial charge in [-0.25, -0.2) is 0 Å². The molecular weight excluding hydrogens is 164 g/mol. The van der Waals surface area contributed by atoms with E-state index in [1.807, 2.05) is 11.3 Å². The van der Waals surface area contributed by atoms with E-state index >= 15 is 0 Å². The third kappa shape index (κ3) is 1.61. The van der Waals surface area contributed by atoms with Crippen LogP contribution in [0.3, 0.4) is 0 Å². The molecule has 0 amide bonds. The molecule has 0 unspecified atom stereocenters. The van der Waals surface area contributed by atoms with Gasteiger partial charge in [-0.3, -0.25) is 0 Å². The first-order chi connectivity index (χ1) is 5.86. The molecule has 1 aliphatic rings. The van der Waals surface area contributed by atoms with Crippen LogP contribution in [0.4, 0.5) is 0 Å². The van der Waals surface area contributed by atoms with Crippen molar-refractivity contribution in [1.82, 2.24) is 0 Å². The zero-order valence-electron chi connectivity index (χ0n) is 7.42. The maximum atomic E-state index is 2.44. The van der Waals surface area contributed by atoms with Gasteiger partial charge in [0.05, 0.1) is 0 Å². The van der Waals surface area contributed by atoms with Gasteiger partial charge in [0.25, 0.3) is 0 Å². The fraction of sp³-hybridized carbons (Fsp3) is 0.455. The number of allylic oxidation sites excluding steroid dienone is 2. The van der Waals surface area contributed by atoms with Gasteiger partial charge in [-0.15, -0.1) is 11.3 Å². The van der Waals surface area contributed by atoms with Crippen molar-refractivity contribution in [3.05, 3.63) is 28.5 Å². The first kappa shape index (κ1) is 8.06. The van der Waals surface area contributed by atoms with Crippen LogP contribution in [0.1, 0.15) is 31.1 Å². The molecule has 1 aromatic heterocycles. The Hall–Kier alpha value is -0.560. The van der Waals surface area contributed by atoms with Crippen LogP contribution in [0.5, 0.6) is 0 Å². The quantitative estimate of drug-likeness (QED) is 0.610. The summed E-state index contributed by atoms with van der Waals surface area (Å²) in [6, 6.07) is 4.37. The molecule has 0 N–H and O–H groups in total. The average molecular weight is 178 g/mol. The summed E-state index contributed by atoms with van der Waals surface area (Å²) in [7, 11) is 0. The van der Waals surface area contributed by atoms with Crippen molar-refractivity contribution in [2.24, 2.45) is 5.92 Å². The van der Waals surface area contributed by atoms with Crippen LogP contribution in [0.15, 0.2) is 23.6 Å². The molecule has 0 saturated carbocycles. The first-order valence-corrected chi connectivity index (χ1v) is 5.49. The summed E-state index contributed by atoms with van der Waals surface area (Å²) in [5, 5.41) is 2.16. The Bertz CT molecular complexity index is 269. The molecule has 0 spiro atoms. The SMILES string of the molecule is C[C@@H]1C=C(c2cccs2)CCC1. The summed E-state index contributed by atoms with van der Waals surface area (Å²) >= 11 is 1.86. The van der Waals surface area contributed by atoms with Crippen LogP contribution in [0, 0.1) is 5.92 Å². The molecule has 0 radical (unpaired) electrons. The molecule has 1 atom stereocenters. The molecule has 0 saturated heterocycles. The van der Waals surface area contributed by atoms with E-state index in [-0.39, 0.29) is 0 Å². The molecule has 0 aromatic carbocycles. The molecule has 0 fully saturated rings. The van der Waals surface area contributed by atoms with Crippen molar-refractivity contribution in [2.75, 3.05) is 0 Å². The first-order valence-electron chi connectivity index (χ1n) is 4.61. The van der Waals surface area contributed by atoms with Gasteiger partial charge in [0, 0.05) is 4.88 Å². The van der Waals surface area contributed by atoms with Gasteiger partial charge in [0.15, 0.2) is 0 Å². The summed E-state index contributed by atoms with van der Waals surface area (Å²) in [4.78, 5) is 1.47. The lowest BCUT2D eigenvalue weighted by atomic mass is 9.91. The maximum Gasteiger partial charge on any atom is 0.0299 e. The largest absolute Gasteiger partial charge is 0.144 e. The Balaban J connectivity index is 2.23. The second-order valence-corrected chi connectivity index (χ2v) is 4.49. The van der Waals surface area contributed by atoms with Crippen molar-refractivity contribution in [2.45, 2.75) is 26.2 Å². The molecule has 1 aromatic rings. The Morgan fingerprint density at radius 1 is 1.50 bits per heavy atom. The van der Waals surface area contributed by atoms with E-state index in [4.69, 9.17) is 0 Å². The van der Waals surface area contributed by atoms with Crippen LogP contribution in [0.2, 0.25) is 0 Å². The van der Waals surface area contributed by atoms with Gasteiger partial charge in [-0.2, -0.15) is 0 Å². The topological polar surface area (TPSA) is 0 Å². The lowest BCUT2D eigenvalue weighted by Gasteiger charge is -2.16. The predicted octanol–water partition coefficient (Wildman–Crippen LogP) is 3.95. The Kier molecular flexibility index (Phi) is 2.31. The standard InChI is InChI=1S/C11H14S/c1-9-4-2-5-10(8-9)11-6-3-7-12-11/h3,6-9H,2,4-5H2,1H3/t9-/m0/s1. The number of hydrogen-bond donors (Lipinski definition) is 0. The smallest absolute Gasteiger partial charge is 0.0299 e. The minimum atomic E-state index is 0.788. The summed E-state index contributed by atoms with van der Waals surface area (Å²) in [6.07, 6.45) is 6.46. The van der Waals surface area contributed by atoms with Crippen molar-refractivity contribution < 1.29 is 0 Å². The fourth-order valence-electron chi connectivity index (χ4n) is 1.79. The van der Waals surface area contributed by atoms with E-state index in [1.54, 1.807) is 5.57 Å². The molecule has 0 aliphatic heterocycles. The van der Waals surface area contributed by atoms with E-state index in [2.05, 4.69) is 30.5 Å². The van der Waals surface area contributed by atoms with E-state index in [9.17, 15) is 0 Å². The highest BCUT2D eigenvalue weighted by Crippen LogP contribution is 2.31. The molecule has 64 valence electrons. The van der Waals surface area contributed by atoms with Crippen molar-refractivity contribution >= 4 is 16.9 Å². The highest BCUT2D eigenvalue weighted by Gasteiger charge is 2.10. The van der Waals surface area contributed by atoms with E-state index in [1.165, 1.54) is 24.1 Å². The van der Waals surface area contributed by atoms with Crippen molar-refractivity contribution in [3.8, 4) is 0 Å². The molecule has 1 heteroatoms.